The Labute approximate surface area is 185 Å². The Morgan fingerprint density at radius 3 is 2.03 bits per heavy atom. The number of nitrogens with one attached hydrogen (secondary N) is 2. The summed E-state index contributed by atoms with van der Waals surface area (Å²) in [6.07, 6.45) is -0.754. The van der Waals surface area contributed by atoms with Crippen LogP contribution in [0.1, 0.15) is 22.6 Å². The van der Waals surface area contributed by atoms with E-state index in [-0.39, 0.29) is 25.5 Å². The number of fused-ring (bicyclic) bond motifs is 3. The van der Waals surface area contributed by atoms with Crippen molar-refractivity contribution in [1.29, 1.82) is 0 Å². The first-order valence-electron chi connectivity index (χ1n) is 10.2. The zero-order chi connectivity index (χ0) is 22.5. The summed E-state index contributed by atoms with van der Waals surface area (Å²) in [6, 6.07) is 22.6. The van der Waals surface area contributed by atoms with Gasteiger partial charge in [-0.15, -0.1) is 0 Å². The van der Waals surface area contributed by atoms with Gasteiger partial charge < -0.3 is 20.5 Å². The van der Waals surface area contributed by atoms with Crippen molar-refractivity contribution in [2.75, 3.05) is 18.5 Å². The molecule has 1 aliphatic carbocycles. The van der Waals surface area contributed by atoms with Gasteiger partial charge in [0.1, 0.15) is 13.2 Å². The fourth-order valence-electron chi connectivity index (χ4n) is 3.89. The van der Waals surface area contributed by atoms with Crippen molar-refractivity contribution < 1.29 is 24.2 Å². The Balaban J connectivity index is 1.28. The second-order valence-electron chi connectivity index (χ2n) is 7.49. The number of amides is 2. The van der Waals surface area contributed by atoms with Crippen LogP contribution in [-0.2, 0) is 20.7 Å². The Morgan fingerprint density at radius 1 is 0.844 bits per heavy atom. The van der Waals surface area contributed by atoms with Crippen molar-refractivity contribution in [2.24, 2.45) is 0 Å². The van der Waals surface area contributed by atoms with Crippen LogP contribution in [0.5, 0.6) is 0 Å². The summed E-state index contributed by atoms with van der Waals surface area (Å²) >= 11 is 0. The van der Waals surface area contributed by atoms with E-state index < -0.39 is 18.0 Å². The molecule has 0 saturated carbocycles. The average molecular weight is 430 g/mol. The van der Waals surface area contributed by atoms with Gasteiger partial charge in [0.25, 0.3) is 0 Å². The lowest BCUT2D eigenvalue weighted by molar-refractivity contribution is -0.136. The number of carboxylic acids is 1. The largest absolute Gasteiger partial charge is 0.481 e. The third kappa shape index (κ3) is 4.78. The molecule has 0 atom stereocenters. The number of anilines is 1. The summed E-state index contributed by atoms with van der Waals surface area (Å²) in [5.74, 6) is -1.38. The molecular weight excluding hydrogens is 408 g/mol. The van der Waals surface area contributed by atoms with Crippen LogP contribution in [0, 0.1) is 0 Å². The third-order valence-electron chi connectivity index (χ3n) is 5.33. The lowest BCUT2D eigenvalue weighted by atomic mass is 9.98. The first kappa shape index (κ1) is 21.1. The molecule has 1 aliphatic rings. The second kappa shape index (κ2) is 9.34. The number of rotatable bonds is 7. The first-order valence-corrected chi connectivity index (χ1v) is 10.2. The predicted octanol–water partition coefficient (Wildman–Crippen LogP) is 3.79. The molecule has 7 heteroatoms. The Morgan fingerprint density at radius 2 is 1.44 bits per heavy atom. The molecule has 0 radical (unpaired) electrons. The van der Waals surface area contributed by atoms with Gasteiger partial charge in [-0.1, -0.05) is 60.7 Å². The lowest BCUT2D eigenvalue weighted by Crippen LogP contribution is -2.33. The number of carboxylic acid groups (broad SMARTS) is 1. The van der Waals surface area contributed by atoms with Crippen LogP contribution in [0.3, 0.4) is 0 Å². The monoisotopic (exact) mass is 430 g/mol. The molecule has 3 N–H and O–H groups in total. The van der Waals surface area contributed by atoms with Crippen molar-refractivity contribution in [3.05, 3.63) is 89.5 Å². The van der Waals surface area contributed by atoms with E-state index in [1.54, 1.807) is 24.3 Å². The highest BCUT2D eigenvalue weighted by Gasteiger charge is 2.29. The molecule has 0 aromatic heterocycles. The number of hydrogen-bond donors (Lipinski definition) is 3. The fourth-order valence-corrected chi connectivity index (χ4v) is 3.89. The van der Waals surface area contributed by atoms with Crippen molar-refractivity contribution in [1.82, 2.24) is 5.32 Å². The molecule has 3 aromatic rings. The molecule has 0 aliphatic heterocycles. The minimum absolute atomic E-state index is 0.0497. The topological polar surface area (TPSA) is 105 Å². The highest BCUT2D eigenvalue weighted by atomic mass is 16.5. The quantitative estimate of drug-likeness (QED) is 0.529. The van der Waals surface area contributed by atoms with Crippen LogP contribution in [0.15, 0.2) is 72.8 Å². The lowest BCUT2D eigenvalue weighted by Gasteiger charge is -2.14. The molecule has 0 bridgehead atoms. The van der Waals surface area contributed by atoms with Gasteiger partial charge in [-0.05, 0) is 39.9 Å². The van der Waals surface area contributed by atoms with E-state index in [0.29, 0.717) is 11.3 Å². The van der Waals surface area contributed by atoms with Crippen LogP contribution in [0.4, 0.5) is 10.5 Å². The summed E-state index contributed by atoms with van der Waals surface area (Å²) in [7, 11) is 0. The maximum atomic E-state index is 12.2. The average Bonchev–Trinajstić information content (AvgIpc) is 3.11. The summed E-state index contributed by atoms with van der Waals surface area (Å²) in [4.78, 5) is 35.0. The van der Waals surface area contributed by atoms with Crippen LogP contribution >= 0.6 is 0 Å². The van der Waals surface area contributed by atoms with Crippen LogP contribution in [0.2, 0.25) is 0 Å². The highest BCUT2D eigenvalue weighted by molar-refractivity contribution is 5.93. The number of carbonyl (C=O) groups is 3. The molecule has 0 unspecified atom stereocenters. The number of aliphatic carboxylic acids is 1. The first-order chi connectivity index (χ1) is 15.5. The molecule has 162 valence electrons. The zero-order valence-electron chi connectivity index (χ0n) is 17.2. The Kier molecular flexibility index (Phi) is 6.17. The van der Waals surface area contributed by atoms with Crippen molar-refractivity contribution in [3.63, 3.8) is 0 Å². The van der Waals surface area contributed by atoms with E-state index in [9.17, 15) is 14.4 Å². The molecular formula is C25H22N2O5. The van der Waals surface area contributed by atoms with Crippen molar-refractivity contribution >= 4 is 23.7 Å². The number of alkyl carbamates (subject to hydrolysis) is 1. The minimum atomic E-state index is -0.922. The van der Waals surface area contributed by atoms with E-state index in [2.05, 4.69) is 22.8 Å². The molecule has 0 spiro atoms. The standard InChI is InChI=1S/C25H22N2O5/c28-23(27-17-11-9-16(10-12-17)13-24(29)30)14-26-25(31)32-15-22-20-7-3-1-5-18(20)19-6-2-4-8-21(19)22/h1-12,22H,13-15H2,(H,26,31)(H,27,28)(H,29,30). The number of carbonyl (C=O) groups excluding carboxylic acids is 2. The van der Waals surface area contributed by atoms with Crippen molar-refractivity contribution in [2.45, 2.75) is 12.3 Å². The van der Waals surface area contributed by atoms with E-state index in [4.69, 9.17) is 9.84 Å². The molecule has 4 rings (SSSR count). The Hall–Kier alpha value is -4.13. The number of hydrogen-bond acceptors (Lipinski definition) is 4. The molecule has 2 amide bonds. The molecule has 3 aromatic carbocycles. The third-order valence-corrected chi connectivity index (χ3v) is 5.33. The molecule has 0 fully saturated rings. The highest BCUT2D eigenvalue weighted by Crippen LogP contribution is 2.44. The number of benzene rings is 3. The molecule has 7 nitrogen and oxygen atoms in total. The molecule has 0 saturated heterocycles. The summed E-state index contributed by atoms with van der Waals surface area (Å²) in [6.45, 7) is -0.0694. The maximum absolute atomic E-state index is 12.2. The fraction of sp³-hybridized carbons (Fsp3) is 0.160. The maximum Gasteiger partial charge on any atom is 0.407 e. The second-order valence-corrected chi connectivity index (χ2v) is 7.49. The van der Waals surface area contributed by atoms with E-state index in [1.807, 2.05) is 36.4 Å². The van der Waals surface area contributed by atoms with Crippen molar-refractivity contribution in [3.8, 4) is 11.1 Å². The van der Waals surface area contributed by atoms with Crippen LogP contribution in [-0.4, -0.2) is 36.2 Å². The van der Waals surface area contributed by atoms with Crippen LogP contribution in [0.25, 0.3) is 11.1 Å². The molecule has 32 heavy (non-hydrogen) atoms. The van der Waals surface area contributed by atoms with E-state index in [1.165, 1.54) is 0 Å². The molecule has 0 heterocycles. The predicted molar refractivity (Wildman–Crippen MR) is 119 cm³/mol. The summed E-state index contributed by atoms with van der Waals surface area (Å²) < 4.78 is 5.41. The normalized spacial score (nSPS) is 11.9. The van der Waals surface area contributed by atoms with Gasteiger partial charge in [-0.2, -0.15) is 0 Å². The number of ether oxygens (including phenoxy) is 1. The van der Waals surface area contributed by atoms with E-state index in [0.717, 1.165) is 22.3 Å². The smallest absolute Gasteiger partial charge is 0.407 e. The SMILES string of the molecule is O=C(O)Cc1ccc(NC(=O)CNC(=O)OCC2c3ccccc3-c3ccccc32)cc1. The Bertz CT molecular complexity index is 1110. The summed E-state index contributed by atoms with van der Waals surface area (Å²) in [5.41, 5.74) is 5.67. The van der Waals surface area contributed by atoms with Gasteiger partial charge >= 0.3 is 12.1 Å². The minimum Gasteiger partial charge on any atom is -0.481 e. The van der Waals surface area contributed by atoms with Gasteiger partial charge in [-0.25, -0.2) is 4.79 Å². The van der Waals surface area contributed by atoms with Gasteiger partial charge in [0.05, 0.1) is 6.42 Å². The van der Waals surface area contributed by atoms with Gasteiger partial charge in [0.15, 0.2) is 0 Å². The zero-order valence-corrected chi connectivity index (χ0v) is 17.2. The van der Waals surface area contributed by atoms with Gasteiger partial charge in [0, 0.05) is 11.6 Å². The van der Waals surface area contributed by atoms with Gasteiger partial charge in [-0.3, -0.25) is 9.59 Å². The van der Waals surface area contributed by atoms with Gasteiger partial charge in [0.2, 0.25) is 5.91 Å². The van der Waals surface area contributed by atoms with E-state index >= 15 is 0 Å². The van der Waals surface area contributed by atoms with Crippen LogP contribution < -0.4 is 10.6 Å². The summed E-state index contributed by atoms with van der Waals surface area (Å²) in [5, 5.41) is 13.9.